The van der Waals surface area contributed by atoms with Crippen LogP contribution in [0.15, 0.2) is 37.3 Å². The Labute approximate surface area is 172 Å². The van der Waals surface area contributed by atoms with Crippen molar-refractivity contribution in [3.8, 4) is 0 Å². The molecule has 6 heteroatoms. The molecule has 3 aromatic rings. The van der Waals surface area contributed by atoms with Gasteiger partial charge in [0.15, 0.2) is 5.82 Å². The van der Waals surface area contributed by atoms with Crippen molar-refractivity contribution in [1.29, 1.82) is 0 Å². The highest BCUT2D eigenvalue weighted by Gasteiger charge is 2.26. The lowest BCUT2D eigenvalue weighted by Crippen LogP contribution is -2.17. The van der Waals surface area contributed by atoms with E-state index in [4.69, 9.17) is 5.10 Å². The van der Waals surface area contributed by atoms with Crippen molar-refractivity contribution in [2.75, 3.05) is 11.1 Å². The molecule has 148 valence electrons. The molecule has 4 rings (SSSR count). The number of pyridine rings is 1. The van der Waals surface area contributed by atoms with Crippen LogP contribution in [0, 0.1) is 5.92 Å². The van der Waals surface area contributed by atoms with Gasteiger partial charge in [-0.1, -0.05) is 6.58 Å². The van der Waals surface area contributed by atoms with Crippen LogP contribution in [0.5, 0.6) is 0 Å². The second-order valence-electron chi connectivity index (χ2n) is 7.78. The van der Waals surface area contributed by atoms with Crippen molar-refractivity contribution in [2.24, 2.45) is 13.0 Å². The summed E-state index contributed by atoms with van der Waals surface area (Å²) in [5.74, 6) is 2.68. The van der Waals surface area contributed by atoms with Crippen molar-refractivity contribution in [1.82, 2.24) is 19.3 Å². The standard InChI is InChI=1S/C22H29N5S/c1-4-27-14-19(18-6-5-10-23-22(18)27)15(2)20-13-26(3)25-21(20)24-17-8-7-16(12-17)9-11-28/h5-6,10,13-14,16-17,28H,2,4,7-9,11-12H2,1,3H3,(H,24,25). The maximum Gasteiger partial charge on any atom is 0.156 e. The second kappa shape index (κ2) is 8.03. The molecular weight excluding hydrogens is 366 g/mol. The van der Waals surface area contributed by atoms with E-state index in [0.29, 0.717) is 6.04 Å². The molecule has 0 radical (unpaired) electrons. The average Bonchev–Trinajstić information content (AvgIpc) is 3.39. The van der Waals surface area contributed by atoms with E-state index in [2.05, 4.69) is 59.5 Å². The minimum atomic E-state index is 0.477. The van der Waals surface area contributed by atoms with Crippen molar-refractivity contribution in [2.45, 2.75) is 45.2 Å². The maximum absolute atomic E-state index is 4.71. The molecule has 28 heavy (non-hydrogen) atoms. The number of hydrogen-bond donors (Lipinski definition) is 2. The van der Waals surface area contributed by atoms with Gasteiger partial charge in [0.1, 0.15) is 5.65 Å². The highest BCUT2D eigenvalue weighted by Crippen LogP contribution is 2.35. The molecule has 2 unspecified atom stereocenters. The number of thiol groups is 1. The quantitative estimate of drug-likeness (QED) is 0.568. The third-order valence-corrected chi connectivity index (χ3v) is 6.13. The minimum Gasteiger partial charge on any atom is -0.365 e. The molecule has 1 aliphatic carbocycles. The Morgan fingerprint density at radius 1 is 1.32 bits per heavy atom. The first-order chi connectivity index (χ1) is 13.6. The molecule has 0 saturated heterocycles. The van der Waals surface area contributed by atoms with E-state index < -0.39 is 0 Å². The van der Waals surface area contributed by atoms with Gasteiger partial charge in [-0.05, 0) is 62.0 Å². The highest BCUT2D eigenvalue weighted by atomic mass is 32.1. The molecule has 5 nitrogen and oxygen atoms in total. The number of hydrogen-bond acceptors (Lipinski definition) is 4. The van der Waals surface area contributed by atoms with E-state index in [1.165, 1.54) is 25.7 Å². The molecule has 0 bridgehead atoms. The van der Waals surface area contributed by atoms with Gasteiger partial charge in [-0.2, -0.15) is 17.7 Å². The zero-order valence-electron chi connectivity index (χ0n) is 16.7. The summed E-state index contributed by atoms with van der Waals surface area (Å²) in [4.78, 5) is 4.56. The largest absolute Gasteiger partial charge is 0.365 e. The van der Waals surface area contributed by atoms with Crippen LogP contribution in [0.2, 0.25) is 0 Å². The first-order valence-electron chi connectivity index (χ1n) is 10.1. The van der Waals surface area contributed by atoms with Crippen LogP contribution in [0.4, 0.5) is 5.82 Å². The smallest absolute Gasteiger partial charge is 0.156 e. The summed E-state index contributed by atoms with van der Waals surface area (Å²) in [6.45, 7) is 7.46. The van der Waals surface area contributed by atoms with Crippen molar-refractivity contribution in [3.05, 3.63) is 48.4 Å². The molecule has 0 aliphatic heterocycles. The maximum atomic E-state index is 4.71. The van der Waals surface area contributed by atoms with Crippen LogP contribution in [0.1, 0.15) is 43.7 Å². The van der Waals surface area contributed by atoms with Gasteiger partial charge < -0.3 is 9.88 Å². The Morgan fingerprint density at radius 3 is 2.96 bits per heavy atom. The summed E-state index contributed by atoms with van der Waals surface area (Å²) in [5.41, 5.74) is 4.19. The number of nitrogens with zero attached hydrogens (tertiary/aromatic N) is 4. The van der Waals surface area contributed by atoms with Crippen LogP contribution in [0.3, 0.4) is 0 Å². The van der Waals surface area contributed by atoms with Gasteiger partial charge in [0.05, 0.1) is 0 Å². The first kappa shape index (κ1) is 19.1. The summed E-state index contributed by atoms with van der Waals surface area (Å²) in [6, 6.07) is 4.59. The van der Waals surface area contributed by atoms with E-state index in [1.54, 1.807) is 0 Å². The SMILES string of the molecule is C=C(c1cn(C)nc1NC1CCC(CCS)C1)c1cn(CC)c2ncccc12. The molecule has 1 N–H and O–H groups in total. The third kappa shape index (κ3) is 3.58. The van der Waals surface area contributed by atoms with E-state index in [-0.39, 0.29) is 0 Å². The Bertz CT molecular complexity index is 986. The van der Waals surface area contributed by atoms with Crippen molar-refractivity contribution < 1.29 is 0 Å². The van der Waals surface area contributed by atoms with E-state index >= 15 is 0 Å². The van der Waals surface area contributed by atoms with Gasteiger partial charge in [-0.25, -0.2) is 4.98 Å². The first-order valence-corrected chi connectivity index (χ1v) is 10.8. The normalized spacial score (nSPS) is 19.4. The van der Waals surface area contributed by atoms with E-state index in [9.17, 15) is 0 Å². The van der Waals surface area contributed by atoms with Crippen molar-refractivity contribution >= 4 is 35.1 Å². The number of aryl methyl sites for hydroxylation is 2. The Balaban J connectivity index is 1.63. The van der Waals surface area contributed by atoms with Crippen LogP contribution >= 0.6 is 12.6 Å². The van der Waals surface area contributed by atoms with E-state index in [1.807, 2.05) is 24.0 Å². The van der Waals surface area contributed by atoms with Gasteiger partial charge in [0, 0.05) is 54.7 Å². The van der Waals surface area contributed by atoms with Crippen molar-refractivity contribution in [3.63, 3.8) is 0 Å². The molecule has 0 aromatic carbocycles. The second-order valence-corrected chi connectivity index (χ2v) is 8.23. The number of rotatable bonds is 7. The summed E-state index contributed by atoms with van der Waals surface area (Å²) < 4.78 is 4.05. The highest BCUT2D eigenvalue weighted by molar-refractivity contribution is 7.80. The number of nitrogens with one attached hydrogen (secondary N) is 1. The molecular formula is C22H29N5S. The molecule has 0 amide bonds. The zero-order chi connectivity index (χ0) is 19.7. The summed E-state index contributed by atoms with van der Waals surface area (Å²) in [5, 5.41) is 9.54. The topological polar surface area (TPSA) is 47.7 Å². The summed E-state index contributed by atoms with van der Waals surface area (Å²) in [6.07, 6.45) is 10.9. The number of aromatic nitrogens is 4. The Hall–Kier alpha value is -2.21. The third-order valence-electron chi connectivity index (χ3n) is 5.87. The lowest BCUT2D eigenvalue weighted by atomic mass is 10.0. The number of anilines is 1. The van der Waals surface area contributed by atoms with Crippen LogP contribution in [-0.4, -0.2) is 31.1 Å². The van der Waals surface area contributed by atoms with Gasteiger partial charge in [-0.3, -0.25) is 4.68 Å². The van der Waals surface area contributed by atoms with Crippen LogP contribution < -0.4 is 5.32 Å². The predicted octanol–water partition coefficient (Wildman–Crippen LogP) is 4.75. The van der Waals surface area contributed by atoms with Crippen LogP contribution in [-0.2, 0) is 13.6 Å². The van der Waals surface area contributed by atoms with Gasteiger partial charge in [0.25, 0.3) is 0 Å². The van der Waals surface area contributed by atoms with Gasteiger partial charge >= 0.3 is 0 Å². The molecule has 0 spiro atoms. The fourth-order valence-corrected chi connectivity index (χ4v) is 4.77. The van der Waals surface area contributed by atoms with E-state index in [0.717, 1.165) is 51.8 Å². The lowest BCUT2D eigenvalue weighted by molar-refractivity contribution is 0.529. The summed E-state index contributed by atoms with van der Waals surface area (Å²) >= 11 is 4.40. The molecule has 3 heterocycles. The molecule has 1 fully saturated rings. The fourth-order valence-electron chi connectivity index (χ4n) is 4.41. The van der Waals surface area contributed by atoms with Crippen LogP contribution in [0.25, 0.3) is 16.6 Å². The Morgan fingerprint density at radius 2 is 2.18 bits per heavy atom. The summed E-state index contributed by atoms with van der Waals surface area (Å²) in [7, 11) is 1.97. The molecule has 1 aliphatic rings. The van der Waals surface area contributed by atoms with Gasteiger partial charge in [-0.15, -0.1) is 0 Å². The molecule has 2 atom stereocenters. The lowest BCUT2D eigenvalue weighted by Gasteiger charge is -2.14. The Kier molecular flexibility index (Phi) is 5.49. The fraction of sp³-hybridized carbons (Fsp3) is 0.455. The average molecular weight is 396 g/mol. The molecule has 3 aromatic heterocycles. The van der Waals surface area contributed by atoms with Gasteiger partial charge in [0.2, 0.25) is 0 Å². The zero-order valence-corrected chi connectivity index (χ0v) is 17.6. The number of fused-ring (bicyclic) bond motifs is 1. The predicted molar refractivity (Wildman–Crippen MR) is 120 cm³/mol. The minimum absolute atomic E-state index is 0.477. The molecule has 1 saturated carbocycles. The monoisotopic (exact) mass is 395 g/mol.